The van der Waals surface area contributed by atoms with Crippen LogP contribution in [0.4, 0.5) is 0 Å². The summed E-state index contributed by atoms with van der Waals surface area (Å²) < 4.78 is 0. The zero-order valence-electron chi connectivity index (χ0n) is 11.0. The van der Waals surface area contributed by atoms with E-state index in [0.717, 1.165) is 30.2 Å². The minimum atomic E-state index is -0.105. The third kappa shape index (κ3) is 4.40. The first-order valence-corrected chi connectivity index (χ1v) is 8.81. The van der Waals surface area contributed by atoms with E-state index in [1.165, 1.54) is 0 Å². The van der Waals surface area contributed by atoms with E-state index in [9.17, 15) is 4.79 Å². The molecule has 0 bridgehead atoms. The summed E-state index contributed by atoms with van der Waals surface area (Å²) >= 11 is 3.54. The number of nitrogens with one attached hydrogen (secondary N) is 2. The number of rotatable bonds is 6. The van der Waals surface area contributed by atoms with Crippen molar-refractivity contribution in [2.24, 2.45) is 0 Å². The molecule has 1 aliphatic heterocycles. The molecule has 0 radical (unpaired) electrons. The third-order valence-corrected chi connectivity index (χ3v) is 4.81. The van der Waals surface area contributed by atoms with Gasteiger partial charge in [-0.2, -0.15) is 11.8 Å². The molecule has 1 fully saturated rings. The Labute approximate surface area is 122 Å². The van der Waals surface area contributed by atoms with Crippen LogP contribution < -0.4 is 10.6 Å². The van der Waals surface area contributed by atoms with E-state index in [2.05, 4.69) is 21.9 Å². The fourth-order valence-corrected chi connectivity index (χ4v) is 3.51. The maximum absolute atomic E-state index is 12.0. The second-order valence-corrected chi connectivity index (χ2v) is 6.45. The number of nitrogens with zero attached hydrogens (tertiary/aromatic N) is 1. The number of hydrogen-bond acceptors (Lipinski definition) is 5. The van der Waals surface area contributed by atoms with Crippen LogP contribution in [0.3, 0.4) is 0 Å². The average Bonchev–Trinajstić information content (AvgIpc) is 2.94. The Hall–Kier alpha value is -0.720. The second kappa shape index (κ2) is 7.77. The predicted octanol–water partition coefficient (Wildman–Crippen LogP) is 1.65. The highest BCUT2D eigenvalue weighted by Gasteiger charge is 2.30. The minimum absolute atomic E-state index is 0.104. The molecular weight excluding hydrogens is 278 g/mol. The Bertz CT molecular complexity index is 402. The van der Waals surface area contributed by atoms with E-state index in [0.29, 0.717) is 0 Å². The zero-order chi connectivity index (χ0) is 13.5. The lowest BCUT2D eigenvalue weighted by molar-refractivity contribution is -0.122. The van der Waals surface area contributed by atoms with Crippen molar-refractivity contribution >= 4 is 29.4 Å². The molecule has 104 valence electrons. The van der Waals surface area contributed by atoms with Crippen molar-refractivity contribution in [3.8, 4) is 0 Å². The summed E-state index contributed by atoms with van der Waals surface area (Å²) in [6.45, 7) is 0.761. The van der Waals surface area contributed by atoms with Crippen molar-refractivity contribution in [2.75, 3.05) is 24.3 Å². The van der Waals surface area contributed by atoms with Gasteiger partial charge >= 0.3 is 0 Å². The fraction of sp³-hybridized carbons (Fsp3) is 0.538. The van der Waals surface area contributed by atoms with E-state index >= 15 is 0 Å². The van der Waals surface area contributed by atoms with Gasteiger partial charge in [-0.3, -0.25) is 15.1 Å². The zero-order valence-corrected chi connectivity index (χ0v) is 12.6. The molecule has 2 atom stereocenters. The summed E-state index contributed by atoms with van der Waals surface area (Å²) in [4.78, 5) is 16.3. The van der Waals surface area contributed by atoms with Gasteiger partial charge in [-0.05, 0) is 30.6 Å². The lowest BCUT2D eigenvalue weighted by Gasteiger charge is -2.13. The van der Waals surface area contributed by atoms with Gasteiger partial charge in [0.05, 0.1) is 17.1 Å². The number of pyridine rings is 1. The topological polar surface area (TPSA) is 54.0 Å². The second-order valence-electron chi connectivity index (χ2n) is 4.32. The van der Waals surface area contributed by atoms with Crippen LogP contribution in [0, 0.1) is 0 Å². The molecule has 6 heteroatoms. The van der Waals surface area contributed by atoms with Crippen LogP contribution in [0.2, 0.25) is 0 Å². The average molecular weight is 297 g/mol. The Morgan fingerprint density at radius 1 is 1.63 bits per heavy atom. The third-order valence-electron chi connectivity index (χ3n) is 2.88. The van der Waals surface area contributed by atoms with Crippen molar-refractivity contribution in [2.45, 2.75) is 17.8 Å². The van der Waals surface area contributed by atoms with Crippen LogP contribution in [0.1, 0.15) is 17.5 Å². The molecule has 0 aliphatic carbocycles. The standard InChI is InChI=1S/C13H19N3OS2/c1-18-8-4-7-15-12(17)11-9-19-13(16-11)10-5-2-3-6-14-10/h2-3,5-6,11,13,16H,4,7-9H2,1H3,(H,15,17). The van der Waals surface area contributed by atoms with Crippen LogP contribution >= 0.6 is 23.5 Å². The normalized spacial score (nSPS) is 22.4. The lowest BCUT2D eigenvalue weighted by atomic mass is 10.3. The molecule has 19 heavy (non-hydrogen) atoms. The molecule has 4 nitrogen and oxygen atoms in total. The van der Waals surface area contributed by atoms with Crippen LogP contribution in [-0.2, 0) is 4.79 Å². The smallest absolute Gasteiger partial charge is 0.238 e. The van der Waals surface area contributed by atoms with Gasteiger partial charge in [0.15, 0.2) is 0 Å². The molecular formula is C13H19N3OS2. The summed E-state index contributed by atoms with van der Waals surface area (Å²) in [5.41, 5.74) is 0.991. The minimum Gasteiger partial charge on any atom is -0.355 e. The van der Waals surface area contributed by atoms with Gasteiger partial charge in [0.2, 0.25) is 5.91 Å². The SMILES string of the molecule is CSCCCNC(=O)C1CSC(c2ccccn2)N1. The van der Waals surface area contributed by atoms with Gasteiger partial charge in [0.25, 0.3) is 0 Å². The Kier molecular flexibility index (Phi) is 6.00. The summed E-state index contributed by atoms with van der Waals surface area (Å²) in [7, 11) is 0. The van der Waals surface area contributed by atoms with Crippen LogP contribution in [-0.4, -0.2) is 41.2 Å². The maximum Gasteiger partial charge on any atom is 0.238 e. The molecule has 1 aromatic heterocycles. The highest BCUT2D eigenvalue weighted by atomic mass is 32.2. The molecule has 2 unspecified atom stereocenters. The monoisotopic (exact) mass is 297 g/mol. The summed E-state index contributed by atoms with van der Waals surface area (Å²) in [6.07, 6.45) is 4.89. The number of thioether (sulfide) groups is 2. The highest BCUT2D eigenvalue weighted by Crippen LogP contribution is 2.31. The van der Waals surface area contributed by atoms with Crippen molar-refractivity contribution < 1.29 is 4.79 Å². The van der Waals surface area contributed by atoms with Gasteiger partial charge in [0.1, 0.15) is 0 Å². The Morgan fingerprint density at radius 2 is 2.53 bits per heavy atom. The van der Waals surface area contributed by atoms with Crippen LogP contribution in [0.15, 0.2) is 24.4 Å². The Balaban J connectivity index is 1.77. The fourth-order valence-electron chi connectivity index (χ4n) is 1.88. The van der Waals surface area contributed by atoms with E-state index in [1.807, 2.05) is 18.2 Å². The first kappa shape index (κ1) is 14.7. The van der Waals surface area contributed by atoms with Crippen molar-refractivity contribution in [3.05, 3.63) is 30.1 Å². The van der Waals surface area contributed by atoms with Gasteiger partial charge < -0.3 is 5.32 Å². The number of carbonyl (C=O) groups is 1. The number of hydrogen-bond donors (Lipinski definition) is 2. The van der Waals surface area contributed by atoms with Crippen LogP contribution in [0.5, 0.6) is 0 Å². The lowest BCUT2D eigenvalue weighted by Crippen LogP contribution is -2.43. The molecule has 1 aromatic rings. The number of amides is 1. The van der Waals surface area contributed by atoms with E-state index in [-0.39, 0.29) is 17.3 Å². The molecule has 2 heterocycles. The first-order chi connectivity index (χ1) is 9.31. The molecule has 0 saturated carbocycles. The molecule has 2 rings (SSSR count). The molecule has 1 saturated heterocycles. The molecule has 0 spiro atoms. The van der Waals surface area contributed by atoms with E-state index in [4.69, 9.17) is 0 Å². The van der Waals surface area contributed by atoms with Crippen LogP contribution in [0.25, 0.3) is 0 Å². The van der Waals surface area contributed by atoms with Gasteiger partial charge in [0, 0.05) is 18.5 Å². The predicted molar refractivity (Wildman–Crippen MR) is 82.4 cm³/mol. The quantitative estimate of drug-likeness (QED) is 0.782. The maximum atomic E-state index is 12.0. The van der Waals surface area contributed by atoms with Gasteiger partial charge in [-0.1, -0.05) is 6.07 Å². The van der Waals surface area contributed by atoms with Gasteiger partial charge in [-0.25, -0.2) is 0 Å². The summed E-state index contributed by atoms with van der Waals surface area (Å²) in [6, 6.07) is 5.76. The molecule has 1 amide bonds. The highest BCUT2D eigenvalue weighted by molar-refractivity contribution is 7.99. The van der Waals surface area contributed by atoms with Crippen molar-refractivity contribution in [3.63, 3.8) is 0 Å². The van der Waals surface area contributed by atoms with E-state index < -0.39 is 0 Å². The largest absolute Gasteiger partial charge is 0.355 e. The van der Waals surface area contributed by atoms with Crippen molar-refractivity contribution in [1.29, 1.82) is 0 Å². The van der Waals surface area contributed by atoms with E-state index in [1.54, 1.807) is 29.7 Å². The molecule has 0 aromatic carbocycles. The van der Waals surface area contributed by atoms with Gasteiger partial charge in [-0.15, -0.1) is 11.8 Å². The Morgan fingerprint density at radius 3 is 3.26 bits per heavy atom. The molecule has 2 N–H and O–H groups in total. The van der Waals surface area contributed by atoms with Crippen molar-refractivity contribution in [1.82, 2.24) is 15.6 Å². The first-order valence-electron chi connectivity index (χ1n) is 6.36. The summed E-state index contributed by atoms with van der Waals surface area (Å²) in [5.74, 6) is 1.99. The number of carbonyl (C=O) groups excluding carboxylic acids is 1. The summed E-state index contributed by atoms with van der Waals surface area (Å²) in [5, 5.41) is 6.44. The number of aromatic nitrogens is 1. The molecule has 1 aliphatic rings.